The molecule has 0 unspecified atom stereocenters. The van der Waals surface area contributed by atoms with Gasteiger partial charge in [0.1, 0.15) is 18.1 Å². The van der Waals surface area contributed by atoms with Gasteiger partial charge >= 0.3 is 0 Å². The molecule has 142 valence electrons. The highest BCUT2D eigenvalue weighted by Crippen LogP contribution is 2.18. The molecule has 6 heteroatoms. The first-order valence-corrected chi connectivity index (χ1v) is 8.97. The van der Waals surface area contributed by atoms with Gasteiger partial charge in [-0.2, -0.15) is 5.10 Å². The Morgan fingerprint density at radius 3 is 2.57 bits per heavy atom. The first kappa shape index (κ1) is 19.5. The van der Waals surface area contributed by atoms with E-state index in [0.717, 1.165) is 16.9 Å². The highest BCUT2D eigenvalue weighted by Gasteiger charge is 2.05. The van der Waals surface area contributed by atoms with Gasteiger partial charge < -0.3 is 9.47 Å². The third kappa shape index (κ3) is 5.34. The Bertz CT molecular complexity index is 972. The van der Waals surface area contributed by atoms with Crippen molar-refractivity contribution in [3.63, 3.8) is 0 Å². The summed E-state index contributed by atoms with van der Waals surface area (Å²) in [6, 6.07) is 21.8. The molecule has 1 N–H and O–H groups in total. The minimum absolute atomic E-state index is 0.310. The zero-order chi connectivity index (χ0) is 19.8. The third-order valence-corrected chi connectivity index (χ3v) is 4.31. The molecule has 0 aliphatic carbocycles. The molecule has 0 spiro atoms. The topological polar surface area (TPSA) is 59.9 Å². The fourth-order valence-electron chi connectivity index (χ4n) is 2.42. The van der Waals surface area contributed by atoms with Crippen molar-refractivity contribution >= 4 is 23.7 Å². The van der Waals surface area contributed by atoms with Crippen molar-refractivity contribution in [3.05, 3.63) is 94.5 Å². The average molecular weight is 395 g/mol. The Hall–Kier alpha value is -3.31. The van der Waals surface area contributed by atoms with Gasteiger partial charge in [-0.05, 0) is 54.1 Å². The van der Waals surface area contributed by atoms with Crippen molar-refractivity contribution in [2.45, 2.75) is 6.61 Å². The summed E-state index contributed by atoms with van der Waals surface area (Å²) in [6.07, 6.45) is 1.57. The molecule has 0 radical (unpaired) electrons. The van der Waals surface area contributed by atoms with Crippen LogP contribution in [-0.2, 0) is 6.61 Å². The number of nitrogens with zero attached hydrogens (tertiary/aromatic N) is 1. The molecule has 0 saturated carbocycles. The fraction of sp³-hybridized carbons (Fsp3) is 0.0909. The second-order valence-electron chi connectivity index (χ2n) is 5.88. The molecule has 0 saturated heterocycles. The summed E-state index contributed by atoms with van der Waals surface area (Å²) in [7, 11) is 1.55. The second-order valence-corrected chi connectivity index (χ2v) is 6.29. The van der Waals surface area contributed by atoms with Crippen molar-refractivity contribution in [3.8, 4) is 11.5 Å². The quantitative estimate of drug-likeness (QED) is 0.467. The van der Waals surface area contributed by atoms with Gasteiger partial charge in [-0.3, -0.25) is 4.79 Å². The van der Waals surface area contributed by atoms with Crippen LogP contribution in [0.25, 0.3) is 0 Å². The monoisotopic (exact) mass is 394 g/mol. The lowest BCUT2D eigenvalue weighted by atomic mass is 10.2. The number of ether oxygens (including phenoxy) is 2. The number of hydrogen-bond donors (Lipinski definition) is 1. The van der Waals surface area contributed by atoms with Crippen LogP contribution >= 0.6 is 11.6 Å². The Morgan fingerprint density at radius 2 is 1.82 bits per heavy atom. The zero-order valence-electron chi connectivity index (χ0n) is 15.3. The Labute approximate surface area is 168 Å². The highest BCUT2D eigenvalue weighted by molar-refractivity contribution is 6.31. The van der Waals surface area contributed by atoms with Gasteiger partial charge in [0.2, 0.25) is 0 Å². The summed E-state index contributed by atoms with van der Waals surface area (Å²) in [6.45, 7) is 0.393. The van der Waals surface area contributed by atoms with Gasteiger partial charge in [-0.15, -0.1) is 0 Å². The Kier molecular flexibility index (Phi) is 6.65. The lowest BCUT2D eigenvalue weighted by Gasteiger charge is -2.07. The van der Waals surface area contributed by atoms with Crippen LogP contribution in [0.1, 0.15) is 21.5 Å². The van der Waals surface area contributed by atoms with Crippen molar-refractivity contribution in [2.75, 3.05) is 7.11 Å². The predicted molar refractivity (Wildman–Crippen MR) is 110 cm³/mol. The van der Waals surface area contributed by atoms with Gasteiger partial charge in [0, 0.05) is 16.1 Å². The molecular formula is C22H19ClN2O3. The lowest BCUT2D eigenvalue weighted by Crippen LogP contribution is -2.17. The largest absolute Gasteiger partial charge is 0.497 e. The standard InChI is InChI=1S/C22H19ClN2O3/c1-27-20-7-4-6-17(13-20)22(26)25-24-14-16-9-11-19(12-10-16)28-15-18-5-2-3-8-21(18)23/h2-14H,15H2,1H3,(H,25,26)/b24-14-. The molecular weight excluding hydrogens is 376 g/mol. The van der Waals surface area contributed by atoms with Crippen LogP contribution in [0.5, 0.6) is 11.5 Å². The van der Waals surface area contributed by atoms with Crippen LogP contribution in [0.2, 0.25) is 5.02 Å². The maximum atomic E-state index is 12.1. The van der Waals surface area contributed by atoms with Crippen LogP contribution in [0.3, 0.4) is 0 Å². The first-order chi connectivity index (χ1) is 13.7. The molecule has 5 nitrogen and oxygen atoms in total. The number of halogens is 1. The van der Waals surface area contributed by atoms with Gasteiger partial charge in [-0.25, -0.2) is 5.43 Å². The molecule has 3 aromatic carbocycles. The fourth-order valence-corrected chi connectivity index (χ4v) is 2.61. The van der Waals surface area contributed by atoms with Crippen LogP contribution in [0, 0.1) is 0 Å². The van der Waals surface area contributed by atoms with E-state index in [1.807, 2.05) is 48.5 Å². The van der Waals surface area contributed by atoms with E-state index in [2.05, 4.69) is 10.5 Å². The third-order valence-electron chi connectivity index (χ3n) is 3.94. The summed E-state index contributed by atoms with van der Waals surface area (Å²) >= 11 is 6.12. The number of nitrogens with one attached hydrogen (secondary N) is 1. The molecule has 0 atom stereocenters. The minimum atomic E-state index is -0.310. The molecule has 0 bridgehead atoms. The summed E-state index contributed by atoms with van der Waals surface area (Å²) < 4.78 is 10.8. The summed E-state index contributed by atoms with van der Waals surface area (Å²) in [5.74, 6) is 1.02. The molecule has 3 rings (SSSR count). The zero-order valence-corrected chi connectivity index (χ0v) is 16.0. The minimum Gasteiger partial charge on any atom is -0.497 e. The van der Waals surface area contributed by atoms with Gasteiger partial charge in [0.05, 0.1) is 13.3 Å². The van der Waals surface area contributed by atoms with E-state index in [0.29, 0.717) is 22.9 Å². The second kappa shape index (κ2) is 9.58. The average Bonchev–Trinajstić information content (AvgIpc) is 2.74. The SMILES string of the molecule is COc1cccc(C(=O)N/N=C\c2ccc(OCc3ccccc3Cl)cc2)c1. The number of hydrazone groups is 1. The first-order valence-electron chi connectivity index (χ1n) is 8.59. The molecule has 3 aromatic rings. The van der Waals surface area contributed by atoms with Crippen molar-refractivity contribution in [1.29, 1.82) is 0 Å². The number of hydrogen-bond acceptors (Lipinski definition) is 4. The van der Waals surface area contributed by atoms with Gasteiger partial charge in [0.15, 0.2) is 0 Å². The van der Waals surface area contributed by atoms with Gasteiger partial charge in [0.25, 0.3) is 5.91 Å². The Balaban J connectivity index is 1.53. The molecule has 1 amide bonds. The van der Waals surface area contributed by atoms with E-state index in [1.165, 1.54) is 0 Å². The van der Waals surface area contributed by atoms with Crippen LogP contribution < -0.4 is 14.9 Å². The maximum absolute atomic E-state index is 12.1. The molecule has 0 aromatic heterocycles. The smallest absolute Gasteiger partial charge is 0.271 e. The number of carbonyl (C=O) groups is 1. The molecule has 0 fully saturated rings. The summed E-state index contributed by atoms with van der Waals surface area (Å²) in [4.78, 5) is 12.1. The number of benzene rings is 3. The molecule has 0 heterocycles. The molecule has 0 aliphatic rings. The van der Waals surface area contributed by atoms with Crippen LogP contribution in [0.4, 0.5) is 0 Å². The van der Waals surface area contributed by atoms with E-state index < -0.39 is 0 Å². The maximum Gasteiger partial charge on any atom is 0.271 e. The number of carbonyl (C=O) groups excluding carboxylic acids is 1. The summed E-state index contributed by atoms with van der Waals surface area (Å²) in [5, 5.41) is 4.66. The highest BCUT2D eigenvalue weighted by atomic mass is 35.5. The van der Waals surface area contributed by atoms with E-state index >= 15 is 0 Å². The predicted octanol–water partition coefficient (Wildman–Crippen LogP) is 4.69. The van der Waals surface area contributed by atoms with Crippen molar-refractivity contribution < 1.29 is 14.3 Å². The van der Waals surface area contributed by atoms with Crippen molar-refractivity contribution in [2.24, 2.45) is 5.10 Å². The van der Waals surface area contributed by atoms with Gasteiger partial charge in [-0.1, -0.05) is 35.9 Å². The number of rotatable bonds is 7. The lowest BCUT2D eigenvalue weighted by molar-refractivity contribution is 0.0955. The van der Waals surface area contributed by atoms with E-state index in [9.17, 15) is 4.79 Å². The number of methoxy groups -OCH3 is 1. The van der Waals surface area contributed by atoms with Crippen LogP contribution in [-0.4, -0.2) is 19.2 Å². The molecule has 0 aliphatic heterocycles. The number of amides is 1. The van der Waals surface area contributed by atoms with Crippen LogP contribution in [0.15, 0.2) is 77.9 Å². The Morgan fingerprint density at radius 1 is 1.04 bits per heavy atom. The molecule has 28 heavy (non-hydrogen) atoms. The summed E-state index contributed by atoms with van der Waals surface area (Å²) in [5.41, 5.74) is 4.72. The van der Waals surface area contributed by atoms with E-state index in [4.69, 9.17) is 21.1 Å². The normalized spacial score (nSPS) is 10.6. The van der Waals surface area contributed by atoms with E-state index in [1.54, 1.807) is 37.6 Å². The van der Waals surface area contributed by atoms with Crippen molar-refractivity contribution in [1.82, 2.24) is 5.43 Å². The van der Waals surface area contributed by atoms with E-state index in [-0.39, 0.29) is 5.91 Å².